The fraction of sp³-hybridized carbons (Fsp3) is 0.455. The molecule has 0 aliphatic rings. The van der Waals surface area contributed by atoms with Crippen molar-refractivity contribution in [1.29, 1.82) is 0 Å². The molecule has 15 heavy (non-hydrogen) atoms. The number of hydrogen-bond acceptors (Lipinski definition) is 1. The number of rotatable bonds is 5. The Morgan fingerprint density at radius 2 is 2.13 bits per heavy atom. The molecule has 84 valence electrons. The predicted octanol–water partition coefficient (Wildman–Crippen LogP) is 4.16. The molecule has 0 N–H and O–H groups in total. The predicted molar refractivity (Wildman–Crippen MR) is 70.8 cm³/mol. The molecule has 0 aliphatic heterocycles. The van der Waals surface area contributed by atoms with Crippen LogP contribution in [0.1, 0.15) is 12.5 Å². The van der Waals surface area contributed by atoms with Gasteiger partial charge in [-0.1, -0.05) is 40.5 Å². The Kier molecular flexibility index (Phi) is 5.98. The average molecular weight is 311 g/mol. The van der Waals surface area contributed by atoms with Gasteiger partial charge in [-0.05, 0) is 24.2 Å². The van der Waals surface area contributed by atoms with Gasteiger partial charge in [0.25, 0.3) is 0 Å². The second-order valence-electron chi connectivity index (χ2n) is 3.29. The third kappa shape index (κ3) is 4.31. The van der Waals surface area contributed by atoms with Gasteiger partial charge in [0.15, 0.2) is 0 Å². The largest absolute Gasteiger partial charge is 0.298 e. The van der Waals surface area contributed by atoms with Gasteiger partial charge in [0.05, 0.1) is 0 Å². The zero-order chi connectivity index (χ0) is 11.3. The molecule has 0 aliphatic carbocycles. The molecule has 0 unspecified atom stereocenters. The van der Waals surface area contributed by atoms with E-state index in [4.69, 9.17) is 23.2 Å². The van der Waals surface area contributed by atoms with Crippen molar-refractivity contribution in [2.45, 2.75) is 13.5 Å². The van der Waals surface area contributed by atoms with Crippen LogP contribution in [0.15, 0.2) is 22.7 Å². The molecule has 1 aromatic rings. The zero-order valence-electron chi connectivity index (χ0n) is 8.64. The molecule has 1 nitrogen and oxygen atoms in total. The van der Waals surface area contributed by atoms with Crippen molar-refractivity contribution in [3.8, 4) is 0 Å². The molecule has 0 aromatic heterocycles. The molecule has 4 heteroatoms. The zero-order valence-corrected chi connectivity index (χ0v) is 11.7. The summed E-state index contributed by atoms with van der Waals surface area (Å²) >= 11 is 15.3. The maximum atomic E-state index is 6.14. The van der Waals surface area contributed by atoms with Crippen LogP contribution in [0.3, 0.4) is 0 Å². The molecule has 0 bridgehead atoms. The number of benzene rings is 1. The van der Waals surface area contributed by atoms with E-state index in [0.717, 1.165) is 34.7 Å². The Balaban J connectivity index is 2.70. The van der Waals surface area contributed by atoms with E-state index in [1.165, 1.54) is 0 Å². The van der Waals surface area contributed by atoms with Crippen LogP contribution in [0.5, 0.6) is 0 Å². The standard InChI is InChI=1S/C11H14BrCl2N/c1-2-15(6-5-13)8-9-3-4-10(12)7-11(9)14/h3-4,7H,2,5-6,8H2,1H3. The fourth-order valence-corrected chi connectivity index (χ4v) is 2.33. The van der Waals surface area contributed by atoms with Crippen molar-refractivity contribution >= 4 is 39.1 Å². The first-order valence-corrected chi connectivity index (χ1v) is 6.60. The Morgan fingerprint density at radius 1 is 1.40 bits per heavy atom. The monoisotopic (exact) mass is 309 g/mol. The minimum absolute atomic E-state index is 0.655. The Morgan fingerprint density at radius 3 is 2.67 bits per heavy atom. The Bertz CT molecular complexity index is 317. The minimum Gasteiger partial charge on any atom is -0.298 e. The molecular formula is C11H14BrCl2N. The van der Waals surface area contributed by atoms with Crippen molar-refractivity contribution in [3.05, 3.63) is 33.3 Å². The third-order valence-electron chi connectivity index (χ3n) is 2.26. The maximum Gasteiger partial charge on any atom is 0.0462 e. The molecular weight excluding hydrogens is 297 g/mol. The second-order valence-corrected chi connectivity index (χ2v) is 4.99. The lowest BCUT2D eigenvalue weighted by molar-refractivity contribution is 0.297. The summed E-state index contributed by atoms with van der Waals surface area (Å²) in [5.41, 5.74) is 1.15. The summed E-state index contributed by atoms with van der Waals surface area (Å²) in [6, 6.07) is 5.98. The highest BCUT2D eigenvalue weighted by molar-refractivity contribution is 9.10. The van der Waals surface area contributed by atoms with Crippen LogP contribution in [0, 0.1) is 0 Å². The van der Waals surface area contributed by atoms with Gasteiger partial charge in [0.2, 0.25) is 0 Å². The van der Waals surface area contributed by atoms with Crippen molar-refractivity contribution in [3.63, 3.8) is 0 Å². The first-order chi connectivity index (χ1) is 7.17. The highest BCUT2D eigenvalue weighted by Crippen LogP contribution is 2.22. The van der Waals surface area contributed by atoms with Crippen LogP contribution in [0.2, 0.25) is 5.02 Å². The van der Waals surface area contributed by atoms with E-state index in [1.807, 2.05) is 18.2 Å². The first kappa shape index (κ1) is 13.3. The first-order valence-electron chi connectivity index (χ1n) is 4.89. The summed E-state index contributed by atoms with van der Waals surface area (Å²) in [7, 11) is 0. The van der Waals surface area contributed by atoms with Gasteiger partial charge in [-0.25, -0.2) is 0 Å². The topological polar surface area (TPSA) is 3.24 Å². The van der Waals surface area contributed by atoms with Gasteiger partial charge >= 0.3 is 0 Å². The van der Waals surface area contributed by atoms with E-state index in [-0.39, 0.29) is 0 Å². The van der Waals surface area contributed by atoms with E-state index < -0.39 is 0 Å². The van der Waals surface area contributed by atoms with Crippen LogP contribution in [0.25, 0.3) is 0 Å². The third-order valence-corrected chi connectivity index (χ3v) is 3.27. The molecule has 0 atom stereocenters. The van der Waals surface area contributed by atoms with Crippen LogP contribution in [-0.4, -0.2) is 23.9 Å². The summed E-state index contributed by atoms with van der Waals surface area (Å²) in [4.78, 5) is 2.27. The van der Waals surface area contributed by atoms with Crippen LogP contribution >= 0.6 is 39.1 Å². The van der Waals surface area contributed by atoms with Crippen molar-refractivity contribution in [2.24, 2.45) is 0 Å². The molecule has 1 rings (SSSR count). The van der Waals surface area contributed by atoms with Crippen molar-refractivity contribution in [2.75, 3.05) is 19.0 Å². The molecule has 0 amide bonds. The van der Waals surface area contributed by atoms with Gasteiger partial charge in [-0.15, -0.1) is 11.6 Å². The van der Waals surface area contributed by atoms with Gasteiger partial charge in [-0.2, -0.15) is 0 Å². The highest BCUT2D eigenvalue weighted by Gasteiger charge is 2.06. The van der Waals surface area contributed by atoms with Gasteiger partial charge < -0.3 is 0 Å². The summed E-state index contributed by atoms with van der Waals surface area (Å²) in [6.07, 6.45) is 0. The molecule has 1 aromatic carbocycles. The fourth-order valence-electron chi connectivity index (χ4n) is 1.36. The average Bonchev–Trinajstić information content (AvgIpc) is 2.21. The summed E-state index contributed by atoms with van der Waals surface area (Å²) in [5.74, 6) is 0.655. The van der Waals surface area contributed by atoms with E-state index >= 15 is 0 Å². The molecule has 0 heterocycles. The smallest absolute Gasteiger partial charge is 0.0462 e. The Hall–Kier alpha value is 0.240. The van der Waals surface area contributed by atoms with Crippen LogP contribution in [-0.2, 0) is 6.54 Å². The van der Waals surface area contributed by atoms with Crippen molar-refractivity contribution in [1.82, 2.24) is 4.90 Å². The lowest BCUT2D eigenvalue weighted by atomic mass is 10.2. The van der Waals surface area contributed by atoms with E-state index in [1.54, 1.807) is 0 Å². The normalized spacial score (nSPS) is 11.0. The van der Waals surface area contributed by atoms with Gasteiger partial charge in [0.1, 0.15) is 0 Å². The molecule has 0 spiro atoms. The summed E-state index contributed by atoms with van der Waals surface area (Å²) in [5, 5.41) is 0.803. The van der Waals surface area contributed by atoms with Crippen LogP contribution < -0.4 is 0 Å². The van der Waals surface area contributed by atoms with Crippen molar-refractivity contribution < 1.29 is 0 Å². The number of hydrogen-bond donors (Lipinski definition) is 0. The number of halogens is 3. The van der Waals surface area contributed by atoms with E-state index in [2.05, 4.69) is 27.8 Å². The summed E-state index contributed by atoms with van der Waals surface area (Å²) in [6.45, 7) is 4.86. The Labute approximate surface area is 109 Å². The van der Waals surface area contributed by atoms with E-state index in [9.17, 15) is 0 Å². The highest BCUT2D eigenvalue weighted by atomic mass is 79.9. The van der Waals surface area contributed by atoms with Gasteiger partial charge in [-0.3, -0.25) is 4.90 Å². The lowest BCUT2D eigenvalue weighted by Gasteiger charge is -2.19. The lowest BCUT2D eigenvalue weighted by Crippen LogP contribution is -2.25. The maximum absolute atomic E-state index is 6.14. The van der Waals surface area contributed by atoms with E-state index in [0.29, 0.717) is 5.88 Å². The molecule has 0 radical (unpaired) electrons. The molecule has 0 fully saturated rings. The molecule has 0 saturated carbocycles. The minimum atomic E-state index is 0.655. The van der Waals surface area contributed by atoms with Crippen LogP contribution in [0.4, 0.5) is 0 Å². The summed E-state index contributed by atoms with van der Waals surface area (Å²) < 4.78 is 1.01. The number of alkyl halides is 1. The second kappa shape index (κ2) is 6.74. The number of nitrogens with zero attached hydrogens (tertiary/aromatic N) is 1. The quantitative estimate of drug-likeness (QED) is 0.738. The SMILES string of the molecule is CCN(CCCl)Cc1ccc(Br)cc1Cl. The molecule has 0 saturated heterocycles. The van der Waals surface area contributed by atoms with Gasteiger partial charge in [0, 0.05) is 28.5 Å².